The highest BCUT2D eigenvalue weighted by Crippen LogP contribution is 2.29. The molecular formula is C15H16FNO3. The van der Waals surface area contributed by atoms with Crippen LogP contribution in [0.1, 0.15) is 29.0 Å². The molecule has 0 aliphatic carbocycles. The van der Waals surface area contributed by atoms with Crippen LogP contribution in [0.5, 0.6) is 0 Å². The van der Waals surface area contributed by atoms with Crippen molar-refractivity contribution in [2.45, 2.75) is 25.8 Å². The fraction of sp³-hybridized carbons (Fsp3) is 0.400. The number of hydrogen-bond acceptors (Lipinski definition) is 3. The van der Waals surface area contributed by atoms with Crippen molar-refractivity contribution in [3.8, 4) is 0 Å². The van der Waals surface area contributed by atoms with Gasteiger partial charge in [0.1, 0.15) is 11.4 Å². The zero-order chi connectivity index (χ0) is 14.3. The molecule has 0 saturated carbocycles. The van der Waals surface area contributed by atoms with Gasteiger partial charge in [0.2, 0.25) is 0 Å². The van der Waals surface area contributed by atoms with E-state index in [-0.39, 0.29) is 30.1 Å². The highest BCUT2D eigenvalue weighted by atomic mass is 19.1. The molecule has 1 amide bonds. The summed E-state index contributed by atoms with van der Waals surface area (Å²) in [6, 6.07) is 4.07. The minimum atomic E-state index is -0.352. The van der Waals surface area contributed by atoms with Crippen LogP contribution in [-0.2, 0) is 0 Å². The van der Waals surface area contributed by atoms with Crippen molar-refractivity contribution in [2.24, 2.45) is 0 Å². The minimum Gasteiger partial charge on any atom is -0.451 e. The molecular weight excluding hydrogens is 261 g/mol. The van der Waals surface area contributed by atoms with Gasteiger partial charge in [-0.2, -0.15) is 0 Å². The number of nitrogens with zero attached hydrogens (tertiary/aromatic N) is 1. The summed E-state index contributed by atoms with van der Waals surface area (Å²) in [4.78, 5) is 14.2. The van der Waals surface area contributed by atoms with Gasteiger partial charge < -0.3 is 14.4 Å². The van der Waals surface area contributed by atoms with Crippen LogP contribution >= 0.6 is 0 Å². The number of benzene rings is 1. The maximum atomic E-state index is 13.3. The van der Waals surface area contributed by atoms with Crippen LogP contribution in [0, 0.1) is 12.7 Å². The van der Waals surface area contributed by atoms with Crippen LogP contribution in [0.2, 0.25) is 0 Å². The lowest BCUT2D eigenvalue weighted by Crippen LogP contribution is -2.37. The quantitative estimate of drug-likeness (QED) is 0.917. The first kappa shape index (κ1) is 13.1. The van der Waals surface area contributed by atoms with E-state index in [4.69, 9.17) is 4.42 Å². The van der Waals surface area contributed by atoms with Crippen LogP contribution in [-0.4, -0.2) is 35.1 Å². The fourth-order valence-corrected chi connectivity index (χ4v) is 2.82. The van der Waals surface area contributed by atoms with E-state index < -0.39 is 0 Å². The zero-order valence-electron chi connectivity index (χ0n) is 11.2. The van der Waals surface area contributed by atoms with Crippen molar-refractivity contribution >= 4 is 16.9 Å². The summed E-state index contributed by atoms with van der Waals surface area (Å²) < 4.78 is 18.9. The third-order valence-electron chi connectivity index (χ3n) is 3.94. The summed E-state index contributed by atoms with van der Waals surface area (Å²) in [7, 11) is 0. The maximum Gasteiger partial charge on any atom is 0.290 e. The number of rotatable bonds is 2. The Hall–Kier alpha value is -1.88. The summed E-state index contributed by atoms with van der Waals surface area (Å²) in [6.45, 7) is 2.33. The second-order valence-corrected chi connectivity index (χ2v) is 5.17. The average molecular weight is 277 g/mol. The molecule has 3 rings (SSSR count). The second kappa shape index (κ2) is 4.90. The van der Waals surface area contributed by atoms with E-state index in [1.54, 1.807) is 11.8 Å². The van der Waals surface area contributed by atoms with Gasteiger partial charge in [-0.1, -0.05) is 0 Å². The Kier molecular flexibility index (Phi) is 3.22. The second-order valence-electron chi connectivity index (χ2n) is 5.17. The zero-order valence-corrected chi connectivity index (χ0v) is 11.2. The largest absolute Gasteiger partial charge is 0.451 e. The van der Waals surface area contributed by atoms with Gasteiger partial charge in [0.15, 0.2) is 5.76 Å². The maximum absolute atomic E-state index is 13.3. The van der Waals surface area contributed by atoms with Crippen molar-refractivity contribution in [1.82, 2.24) is 4.90 Å². The van der Waals surface area contributed by atoms with Crippen molar-refractivity contribution in [3.05, 3.63) is 35.3 Å². The number of aryl methyl sites for hydroxylation is 1. The molecule has 1 aromatic heterocycles. The topological polar surface area (TPSA) is 53.7 Å². The molecule has 0 spiro atoms. The SMILES string of the molecule is Cc1c(C(=O)N2CCC[C@@H]2CO)oc2ccc(F)cc12. The molecule has 1 atom stereocenters. The number of amides is 1. The number of aliphatic hydroxyl groups excluding tert-OH is 1. The number of halogens is 1. The molecule has 5 heteroatoms. The molecule has 0 bridgehead atoms. The average Bonchev–Trinajstić information content (AvgIpc) is 3.03. The molecule has 1 fully saturated rings. The molecule has 1 aromatic carbocycles. The monoisotopic (exact) mass is 277 g/mol. The lowest BCUT2D eigenvalue weighted by molar-refractivity contribution is 0.0647. The van der Waals surface area contributed by atoms with E-state index in [1.165, 1.54) is 18.2 Å². The Morgan fingerprint density at radius 3 is 3.10 bits per heavy atom. The lowest BCUT2D eigenvalue weighted by atomic mass is 10.1. The summed E-state index contributed by atoms with van der Waals surface area (Å²) in [5.74, 6) is -0.337. The van der Waals surface area contributed by atoms with Gasteiger partial charge in [0, 0.05) is 17.5 Å². The van der Waals surface area contributed by atoms with Crippen molar-refractivity contribution < 1.29 is 18.7 Å². The molecule has 4 nitrogen and oxygen atoms in total. The first-order chi connectivity index (χ1) is 9.61. The molecule has 2 heterocycles. The molecule has 1 aliphatic heterocycles. The van der Waals surface area contributed by atoms with Crippen LogP contribution < -0.4 is 0 Å². The molecule has 0 radical (unpaired) electrons. The third-order valence-corrected chi connectivity index (χ3v) is 3.94. The summed E-state index contributed by atoms with van der Waals surface area (Å²) >= 11 is 0. The van der Waals surface area contributed by atoms with Gasteiger partial charge in [0.05, 0.1) is 12.6 Å². The van der Waals surface area contributed by atoms with Gasteiger partial charge >= 0.3 is 0 Å². The first-order valence-electron chi connectivity index (χ1n) is 6.72. The predicted octanol–water partition coefficient (Wildman–Crippen LogP) is 2.48. The van der Waals surface area contributed by atoms with E-state index >= 15 is 0 Å². The summed E-state index contributed by atoms with van der Waals surface area (Å²) in [5, 5.41) is 9.92. The lowest BCUT2D eigenvalue weighted by Gasteiger charge is -2.22. The number of likely N-dealkylation sites (tertiary alicyclic amines) is 1. The van der Waals surface area contributed by atoms with Gasteiger partial charge in [-0.15, -0.1) is 0 Å². The van der Waals surface area contributed by atoms with Gasteiger partial charge in [-0.3, -0.25) is 4.79 Å². The number of fused-ring (bicyclic) bond motifs is 1. The van der Waals surface area contributed by atoms with Crippen LogP contribution in [0.4, 0.5) is 4.39 Å². The first-order valence-corrected chi connectivity index (χ1v) is 6.72. The minimum absolute atomic E-state index is 0.0420. The van der Waals surface area contributed by atoms with Gasteiger partial charge in [-0.25, -0.2) is 4.39 Å². The van der Waals surface area contributed by atoms with Crippen LogP contribution in [0.25, 0.3) is 11.0 Å². The summed E-state index contributed by atoms with van der Waals surface area (Å²) in [6.07, 6.45) is 1.68. The van der Waals surface area contributed by atoms with Crippen LogP contribution in [0.15, 0.2) is 22.6 Å². The van der Waals surface area contributed by atoms with Crippen molar-refractivity contribution in [1.29, 1.82) is 0 Å². The van der Waals surface area contributed by atoms with Crippen molar-refractivity contribution in [3.63, 3.8) is 0 Å². The smallest absolute Gasteiger partial charge is 0.290 e. The normalized spacial score (nSPS) is 18.9. The molecule has 0 unspecified atom stereocenters. The molecule has 1 aliphatic rings. The number of hydrogen-bond donors (Lipinski definition) is 1. The van der Waals surface area contributed by atoms with E-state index in [9.17, 15) is 14.3 Å². The Morgan fingerprint density at radius 2 is 2.35 bits per heavy atom. The van der Waals surface area contributed by atoms with Crippen molar-refractivity contribution in [2.75, 3.05) is 13.2 Å². The van der Waals surface area contributed by atoms with E-state index in [2.05, 4.69) is 0 Å². The molecule has 1 saturated heterocycles. The summed E-state index contributed by atoms with van der Waals surface area (Å²) in [5.41, 5.74) is 1.15. The molecule has 106 valence electrons. The fourth-order valence-electron chi connectivity index (χ4n) is 2.82. The molecule has 20 heavy (non-hydrogen) atoms. The number of carbonyl (C=O) groups excluding carboxylic acids is 1. The highest BCUT2D eigenvalue weighted by Gasteiger charge is 2.31. The molecule has 2 aromatic rings. The Morgan fingerprint density at radius 1 is 1.55 bits per heavy atom. The molecule has 1 N–H and O–H groups in total. The number of aliphatic hydroxyl groups is 1. The van der Waals surface area contributed by atoms with Gasteiger partial charge in [0.25, 0.3) is 5.91 Å². The van der Waals surface area contributed by atoms with E-state index in [1.807, 2.05) is 0 Å². The standard InChI is InChI=1S/C15H16FNO3/c1-9-12-7-10(16)4-5-13(12)20-14(9)15(19)17-6-2-3-11(17)8-18/h4-5,7,11,18H,2-3,6,8H2,1H3/t11-/m1/s1. The Labute approximate surface area is 115 Å². The van der Waals surface area contributed by atoms with Crippen LogP contribution in [0.3, 0.4) is 0 Å². The predicted molar refractivity (Wildman–Crippen MR) is 72.1 cm³/mol. The van der Waals surface area contributed by atoms with E-state index in [0.717, 1.165) is 12.8 Å². The van der Waals surface area contributed by atoms with Gasteiger partial charge in [-0.05, 0) is 38.0 Å². The number of furan rings is 1. The Bertz CT molecular complexity index is 664. The van der Waals surface area contributed by atoms with E-state index in [0.29, 0.717) is 23.1 Å². The highest BCUT2D eigenvalue weighted by molar-refractivity contribution is 5.99. The Balaban J connectivity index is 2.01. The third kappa shape index (κ3) is 1.98. The number of carbonyl (C=O) groups is 1.